The molecule has 0 radical (unpaired) electrons. The van der Waals surface area contributed by atoms with Crippen LogP contribution >= 0.6 is 11.3 Å². The number of carbonyl (C=O) groups excluding carboxylic acids is 3. The van der Waals surface area contributed by atoms with E-state index in [1.807, 2.05) is 6.92 Å². The molecule has 0 aliphatic carbocycles. The molecule has 0 unspecified atom stereocenters. The summed E-state index contributed by atoms with van der Waals surface area (Å²) in [6.45, 7) is 2.45. The summed E-state index contributed by atoms with van der Waals surface area (Å²) in [5.74, 6) is -1.88. The van der Waals surface area contributed by atoms with Gasteiger partial charge in [0.2, 0.25) is 5.91 Å². The van der Waals surface area contributed by atoms with Crippen molar-refractivity contribution in [2.24, 2.45) is 0 Å². The maximum absolute atomic E-state index is 12.6. The molecule has 0 saturated carbocycles. The molecule has 1 aromatic carbocycles. The van der Waals surface area contributed by atoms with Crippen LogP contribution in [0.3, 0.4) is 0 Å². The van der Waals surface area contributed by atoms with E-state index < -0.39 is 27.6 Å². The topological polar surface area (TPSA) is 122 Å². The Morgan fingerprint density at radius 2 is 1.87 bits per heavy atom. The van der Waals surface area contributed by atoms with Crippen molar-refractivity contribution in [2.45, 2.75) is 24.8 Å². The fourth-order valence-electron chi connectivity index (χ4n) is 3.31. The number of ether oxygens (including phenoxy) is 1. The van der Waals surface area contributed by atoms with Crippen LogP contribution in [-0.4, -0.2) is 57.7 Å². The summed E-state index contributed by atoms with van der Waals surface area (Å²) < 4.78 is 29.9. The van der Waals surface area contributed by atoms with Crippen molar-refractivity contribution >= 4 is 44.1 Å². The van der Waals surface area contributed by atoms with Gasteiger partial charge < -0.3 is 20.3 Å². The third-order valence-electron chi connectivity index (χ3n) is 4.90. The van der Waals surface area contributed by atoms with Gasteiger partial charge in [0.05, 0.1) is 24.1 Å². The number of nitrogens with one attached hydrogen (secondary N) is 2. The van der Waals surface area contributed by atoms with Crippen LogP contribution < -0.4 is 10.6 Å². The number of anilines is 1. The van der Waals surface area contributed by atoms with Crippen molar-refractivity contribution in [1.29, 1.82) is 0 Å². The number of carbonyl (C=O) groups is 3. The van der Waals surface area contributed by atoms with Gasteiger partial charge in [0.25, 0.3) is 5.91 Å². The summed E-state index contributed by atoms with van der Waals surface area (Å²) in [4.78, 5) is 39.2. The fraction of sp³-hybridized carbons (Fsp3) is 0.350. The molecule has 3 rings (SSSR count). The first kappa shape index (κ1) is 22.8. The van der Waals surface area contributed by atoms with E-state index in [9.17, 15) is 22.8 Å². The first-order valence-electron chi connectivity index (χ1n) is 9.45. The van der Waals surface area contributed by atoms with Crippen LogP contribution in [0.1, 0.15) is 26.4 Å². The Morgan fingerprint density at radius 3 is 2.48 bits per heavy atom. The van der Waals surface area contributed by atoms with Gasteiger partial charge in [-0.05, 0) is 31.0 Å². The van der Waals surface area contributed by atoms with Gasteiger partial charge in [0.1, 0.15) is 10.8 Å². The van der Waals surface area contributed by atoms with Crippen molar-refractivity contribution in [2.75, 3.05) is 31.8 Å². The number of benzene rings is 1. The number of thiophene rings is 1. The smallest absolute Gasteiger partial charge is 0.409 e. The zero-order valence-corrected chi connectivity index (χ0v) is 19.0. The van der Waals surface area contributed by atoms with Gasteiger partial charge in [-0.1, -0.05) is 17.7 Å². The molecule has 2 N–H and O–H groups in total. The van der Waals surface area contributed by atoms with Gasteiger partial charge in [-0.25, -0.2) is 13.2 Å². The van der Waals surface area contributed by atoms with Crippen molar-refractivity contribution in [3.05, 3.63) is 45.8 Å². The molecule has 166 valence electrons. The zero-order valence-electron chi connectivity index (χ0n) is 17.4. The van der Waals surface area contributed by atoms with E-state index in [0.29, 0.717) is 18.5 Å². The number of fused-ring (bicyclic) bond motifs is 1. The minimum atomic E-state index is -3.84. The predicted molar refractivity (Wildman–Crippen MR) is 116 cm³/mol. The number of methoxy groups -OCH3 is 1. The molecule has 0 saturated heterocycles. The molecule has 1 aliphatic rings. The standard InChI is InChI=1S/C20H23N3O6S2/c1-12-4-6-13(7-5-12)31(27,28)11-16(24)22-19-17(18(25)21-2)14-8-9-23(20(26)29-3)10-15(14)30-19/h4-7H,8-11H2,1-3H3,(H,21,25)(H,22,24). The predicted octanol–water partition coefficient (Wildman–Crippen LogP) is 1.95. The lowest BCUT2D eigenvalue weighted by Gasteiger charge is -2.25. The van der Waals surface area contributed by atoms with Crippen LogP contribution in [0.25, 0.3) is 0 Å². The van der Waals surface area contributed by atoms with Crippen molar-refractivity contribution in [3.8, 4) is 0 Å². The highest BCUT2D eigenvalue weighted by Crippen LogP contribution is 2.37. The first-order chi connectivity index (χ1) is 14.7. The summed E-state index contributed by atoms with van der Waals surface area (Å²) in [5, 5.41) is 5.40. The molecule has 2 aromatic rings. The van der Waals surface area contributed by atoms with E-state index in [1.165, 1.54) is 31.2 Å². The second-order valence-corrected chi connectivity index (χ2v) is 10.1. The fourth-order valence-corrected chi connectivity index (χ4v) is 5.72. The minimum Gasteiger partial charge on any atom is -0.453 e. The molecule has 3 amide bonds. The SMILES string of the molecule is CNC(=O)c1c(NC(=O)CS(=O)(=O)c2ccc(C)cc2)sc2c1CCN(C(=O)OC)C2. The van der Waals surface area contributed by atoms with E-state index in [4.69, 9.17) is 4.74 Å². The maximum atomic E-state index is 12.6. The Balaban J connectivity index is 1.84. The largest absolute Gasteiger partial charge is 0.453 e. The maximum Gasteiger partial charge on any atom is 0.409 e. The molecule has 1 aliphatic heterocycles. The molecule has 2 heterocycles. The van der Waals surface area contributed by atoms with Gasteiger partial charge in [-0.3, -0.25) is 9.59 Å². The number of hydrogen-bond acceptors (Lipinski definition) is 7. The van der Waals surface area contributed by atoms with Gasteiger partial charge in [-0.2, -0.15) is 0 Å². The summed E-state index contributed by atoms with van der Waals surface area (Å²) in [5.41, 5.74) is 1.94. The van der Waals surface area contributed by atoms with Gasteiger partial charge in [0, 0.05) is 18.5 Å². The molecule has 0 spiro atoms. The van der Waals surface area contributed by atoms with E-state index in [1.54, 1.807) is 12.1 Å². The second kappa shape index (κ2) is 9.06. The number of aryl methyl sites for hydroxylation is 1. The first-order valence-corrected chi connectivity index (χ1v) is 11.9. The Hall–Kier alpha value is -2.92. The average molecular weight is 466 g/mol. The molecule has 0 bridgehead atoms. The summed E-state index contributed by atoms with van der Waals surface area (Å²) >= 11 is 1.15. The summed E-state index contributed by atoms with van der Waals surface area (Å²) in [6.07, 6.45) is -0.0587. The quantitative estimate of drug-likeness (QED) is 0.696. The van der Waals surface area contributed by atoms with Crippen LogP contribution in [0.5, 0.6) is 0 Å². The summed E-state index contributed by atoms with van der Waals surface area (Å²) in [7, 11) is -1.07. The lowest BCUT2D eigenvalue weighted by Crippen LogP contribution is -2.35. The van der Waals surface area contributed by atoms with Crippen LogP contribution in [0.2, 0.25) is 0 Å². The van der Waals surface area contributed by atoms with Crippen molar-refractivity contribution < 1.29 is 27.5 Å². The Bertz CT molecular complexity index is 1120. The molecular weight excluding hydrogens is 442 g/mol. The van der Waals surface area contributed by atoms with Crippen molar-refractivity contribution in [1.82, 2.24) is 10.2 Å². The van der Waals surface area contributed by atoms with Gasteiger partial charge in [0.15, 0.2) is 9.84 Å². The molecule has 9 nitrogen and oxygen atoms in total. The number of rotatable bonds is 5. The van der Waals surface area contributed by atoms with Gasteiger partial charge in [-0.15, -0.1) is 11.3 Å². The highest BCUT2D eigenvalue weighted by molar-refractivity contribution is 7.92. The Labute approximate surface area is 184 Å². The Kier molecular flexibility index (Phi) is 6.65. The molecule has 0 atom stereocenters. The third-order valence-corrected chi connectivity index (χ3v) is 7.66. The highest BCUT2D eigenvalue weighted by atomic mass is 32.2. The Morgan fingerprint density at radius 1 is 1.19 bits per heavy atom. The summed E-state index contributed by atoms with van der Waals surface area (Å²) in [6, 6.07) is 6.24. The van der Waals surface area contributed by atoms with Gasteiger partial charge >= 0.3 is 6.09 Å². The van der Waals surface area contributed by atoms with Crippen LogP contribution in [0.15, 0.2) is 29.2 Å². The lowest BCUT2D eigenvalue weighted by molar-refractivity contribution is -0.113. The molecule has 1 aromatic heterocycles. The van der Waals surface area contributed by atoms with Crippen molar-refractivity contribution in [3.63, 3.8) is 0 Å². The van der Waals surface area contributed by atoms with Crippen LogP contribution in [-0.2, 0) is 32.3 Å². The number of hydrogen-bond donors (Lipinski definition) is 2. The van der Waals surface area contributed by atoms with E-state index in [-0.39, 0.29) is 22.3 Å². The number of sulfone groups is 1. The van der Waals surface area contributed by atoms with E-state index in [0.717, 1.165) is 27.3 Å². The average Bonchev–Trinajstić information content (AvgIpc) is 3.09. The lowest BCUT2D eigenvalue weighted by atomic mass is 10.0. The van der Waals surface area contributed by atoms with E-state index >= 15 is 0 Å². The third kappa shape index (κ3) is 4.88. The monoisotopic (exact) mass is 465 g/mol. The normalized spacial score (nSPS) is 13.3. The minimum absolute atomic E-state index is 0.0546. The van der Waals surface area contributed by atoms with Crippen LogP contribution in [0.4, 0.5) is 9.80 Å². The zero-order chi connectivity index (χ0) is 22.8. The second-order valence-electron chi connectivity index (χ2n) is 7.05. The molecule has 31 heavy (non-hydrogen) atoms. The number of nitrogens with zero attached hydrogens (tertiary/aromatic N) is 1. The number of amides is 3. The van der Waals surface area contributed by atoms with Crippen LogP contribution in [0, 0.1) is 6.92 Å². The molecule has 11 heteroatoms. The van der Waals surface area contributed by atoms with E-state index in [2.05, 4.69) is 10.6 Å². The highest BCUT2D eigenvalue weighted by Gasteiger charge is 2.31. The molecule has 0 fully saturated rings. The molecular formula is C20H23N3O6S2.